The zero-order valence-electron chi connectivity index (χ0n) is 22.1. The van der Waals surface area contributed by atoms with Gasteiger partial charge in [-0.25, -0.2) is 12.7 Å². The number of hydrogen-bond donors (Lipinski definition) is 1. The lowest BCUT2D eigenvalue weighted by molar-refractivity contribution is -0.141. The maximum atomic E-state index is 13.4. The van der Waals surface area contributed by atoms with Crippen LogP contribution in [0.25, 0.3) is 0 Å². The molecule has 0 heterocycles. The minimum absolute atomic E-state index is 0.125. The van der Waals surface area contributed by atoms with Crippen molar-refractivity contribution in [3.05, 3.63) is 60.2 Å². The third-order valence-corrected chi connectivity index (χ3v) is 8.79. The zero-order chi connectivity index (χ0) is 26.8. The summed E-state index contributed by atoms with van der Waals surface area (Å²) >= 11 is 0. The highest BCUT2D eigenvalue weighted by Crippen LogP contribution is 2.20. The quantitative estimate of drug-likeness (QED) is 0.449. The van der Waals surface area contributed by atoms with Crippen molar-refractivity contribution in [1.29, 1.82) is 0 Å². The van der Waals surface area contributed by atoms with Crippen LogP contribution in [0.3, 0.4) is 0 Å². The number of carbonyl (C=O) groups is 2. The molecule has 202 valence electrons. The molecule has 9 heteroatoms. The number of hydrogen-bond acceptors (Lipinski definition) is 5. The van der Waals surface area contributed by atoms with Crippen LogP contribution >= 0.6 is 0 Å². The first kappa shape index (κ1) is 28.7. The zero-order valence-corrected chi connectivity index (χ0v) is 22.9. The second kappa shape index (κ2) is 13.6. The third kappa shape index (κ3) is 8.04. The monoisotopic (exact) mass is 529 g/mol. The predicted octanol–water partition coefficient (Wildman–Crippen LogP) is 3.96. The van der Waals surface area contributed by atoms with Crippen molar-refractivity contribution in [3.63, 3.8) is 0 Å². The highest BCUT2D eigenvalue weighted by molar-refractivity contribution is 7.89. The first-order chi connectivity index (χ1) is 17.7. The molecule has 37 heavy (non-hydrogen) atoms. The van der Waals surface area contributed by atoms with Crippen molar-refractivity contribution in [2.75, 3.05) is 20.7 Å². The van der Waals surface area contributed by atoms with Gasteiger partial charge in [0, 0.05) is 32.6 Å². The Kier molecular flexibility index (Phi) is 10.5. The Hall–Kier alpha value is -2.91. The number of nitrogens with zero attached hydrogens (tertiary/aromatic N) is 2. The molecule has 1 aliphatic carbocycles. The maximum absolute atomic E-state index is 13.4. The largest absolute Gasteiger partial charge is 0.497 e. The second-order valence-electron chi connectivity index (χ2n) is 9.64. The van der Waals surface area contributed by atoms with Crippen LogP contribution in [-0.2, 0) is 26.2 Å². The van der Waals surface area contributed by atoms with Crippen molar-refractivity contribution in [1.82, 2.24) is 14.5 Å². The van der Waals surface area contributed by atoms with E-state index in [9.17, 15) is 18.0 Å². The topological polar surface area (TPSA) is 96.0 Å². The molecule has 0 unspecified atom stereocenters. The van der Waals surface area contributed by atoms with Gasteiger partial charge < -0.3 is 15.0 Å². The van der Waals surface area contributed by atoms with E-state index in [0.29, 0.717) is 12.2 Å². The minimum Gasteiger partial charge on any atom is -0.497 e. The van der Waals surface area contributed by atoms with Gasteiger partial charge in [-0.15, -0.1) is 0 Å². The Morgan fingerprint density at radius 3 is 2.43 bits per heavy atom. The van der Waals surface area contributed by atoms with Gasteiger partial charge in [0.1, 0.15) is 11.8 Å². The van der Waals surface area contributed by atoms with Crippen LogP contribution in [0.4, 0.5) is 0 Å². The molecule has 0 spiro atoms. The molecule has 0 aromatic heterocycles. The van der Waals surface area contributed by atoms with Gasteiger partial charge in [0.05, 0.1) is 12.0 Å². The molecule has 0 aliphatic heterocycles. The third-order valence-electron chi connectivity index (χ3n) is 6.92. The molecule has 1 N–H and O–H groups in total. The van der Waals surface area contributed by atoms with Crippen LogP contribution in [0.5, 0.6) is 5.75 Å². The molecule has 0 bridgehead atoms. The average molecular weight is 530 g/mol. The lowest BCUT2D eigenvalue weighted by Gasteiger charge is -2.31. The van der Waals surface area contributed by atoms with Crippen molar-refractivity contribution in [2.45, 2.75) is 75.4 Å². The Morgan fingerprint density at radius 2 is 1.76 bits per heavy atom. The van der Waals surface area contributed by atoms with Gasteiger partial charge in [0.15, 0.2) is 0 Å². The summed E-state index contributed by atoms with van der Waals surface area (Å²) < 4.78 is 32.2. The number of nitrogens with one attached hydrogen (secondary N) is 1. The summed E-state index contributed by atoms with van der Waals surface area (Å²) in [7, 11) is -0.529. The van der Waals surface area contributed by atoms with Crippen LogP contribution in [0.15, 0.2) is 59.5 Å². The van der Waals surface area contributed by atoms with Crippen molar-refractivity contribution in [3.8, 4) is 5.75 Å². The van der Waals surface area contributed by atoms with E-state index in [1.807, 2.05) is 24.3 Å². The number of amides is 2. The number of rotatable bonds is 12. The maximum Gasteiger partial charge on any atom is 0.242 e. The van der Waals surface area contributed by atoms with Crippen LogP contribution in [0, 0.1) is 0 Å². The molecule has 1 saturated carbocycles. The Balaban J connectivity index is 1.67. The summed E-state index contributed by atoms with van der Waals surface area (Å²) in [5.74, 6) is 0.323. The number of benzene rings is 2. The number of ether oxygens (including phenoxy) is 1. The standard InChI is InChI=1S/C28H39N3O5S/c1-22(28(33)29-24-13-6-4-7-14-24)31(21-23-12-10-15-25(20-23)36-3)27(32)18-11-19-30(2)37(34,35)26-16-8-5-9-17-26/h5,8-10,12,15-17,20,22,24H,4,6-7,11,13-14,18-19,21H2,1-3H3,(H,29,33)/t22-/m0/s1. The molecular weight excluding hydrogens is 490 g/mol. The number of sulfonamides is 1. The highest BCUT2D eigenvalue weighted by Gasteiger charge is 2.28. The van der Waals surface area contributed by atoms with Crippen LogP contribution in [0.2, 0.25) is 0 Å². The predicted molar refractivity (Wildman–Crippen MR) is 144 cm³/mol. The SMILES string of the molecule is COc1cccc(CN(C(=O)CCCN(C)S(=O)(=O)c2ccccc2)[C@@H](C)C(=O)NC2CCCCC2)c1. The average Bonchev–Trinajstić information content (AvgIpc) is 2.92. The first-order valence-electron chi connectivity index (χ1n) is 13.0. The van der Waals surface area contributed by atoms with Gasteiger partial charge >= 0.3 is 0 Å². The Morgan fingerprint density at radius 1 is 1.05 bits per heavy atom. The highest BCUT2D eigenvalue weighted by atomic mass is 32.2. The number of methoxy groups -OCH3 is 1. The van der Waals surface area contributed by atoms with Gasteiger partial charge in [0.25, 0.3) is 0 Å². The normalized spacial score (nSPS) is 15.2. The van der Waals surface area contributed by atoms with Crippen molar-refractivity contribution < 1.29 is 22.7 Å². The summed E-state index contributed by atoms with van der Waals surface area (Å²) in [6.07, 6.45) is 5.79. The van der Waals surface area contributed by atoms with Crippen molar-refractivity contribution in [2.24, 2.45) is 0 Å². The van der Waals surface area contributed by atoms with E-state index >= 15 is 0 Å². The molecule has 2 amide bonds. The van der Waals surface area contributed by atoms with Crippen LogP contribution in [-0.4, -0.2) is 62.2 Å². The molecule has 3 rings (SSSR count). The van der Waals surface area contributed by atoms with Crippen molar-refractivity contribution >= 4 is 21.8 Å². The molecule has 2 aromatic rings. The van der Waals surface area contributed by atoms with E-state index < -0.39 is 16.1 Å². The van der Waals surface area contributed by atoms with Crippen LogP contribution < -0.4 is 10.1 Å². The van der Waals surface area contributed by atoms with E-state index in [4.69, 9.17) is 4.74 Å². The smallest absolute Gasteiger partial charge is 0.242 e. The van der Waals surface area contributed by atoms with Gasteiger partial charge in [0.2, 0.25) is 21.8 Å². The fraction of sp³-hybridized carbons (Fsp3) is 0.500. The summed E-state index contributed by atoms with van der Waals surface area (Å²) in [5, 5.41) is 3.13. The Labute approximate surface area is 221 Å². The summed E-state index contributed by atoms with van der Waals surface area (Å²) in [6.45, 7) is 2.20. The Bertz CT molecular complexity index is 1130. The summed E-state index contributed by atoms with van der Waals surface area (Å²) in [4.78, 5) is 28.3. The van der Waals surface area contributed by atoms with Crippen LogP contribution in [0.1, 0.15) is 57.4 Å². The summed E-state index contributed by atoms with van der Waals surface area (Å²) in [5.41, 5.74) is 0.855. The van der Waals surface area contributed by atoms with Gasteiger partial charge in [-0.2, -0.15) is 0 Å². The second-order valence-corrected chi connectivity index (χ2v) is 11.7. The lowest BCUT2D eigenvalue weighted by Crippen LogP contribution is -2.50. The van der Waals surface area contributed by atoms with E-state index in [1.165, 1.54) is 17.8 Å². The fourth-order valence-corrected chi connectivity index (χ4v) is 5.84. The molecular formula is C28H39N3O5S. The molecule has 1 aliphatic rings. The fourth-order valence-electron chi connectivity index (χ4n) is 4.61. The first-order valence-corrected chi connectivity index (χ1v) is 14.4. The van der Waals surface area contributed by atoms with E-state index in [1.54, 1.807) is 49.3 Å². The van der Waals surface area contributed by atoms with Gasteiger partial charge in [-0.05, 0) is 56.0 Å². The molecule has 1 fully saturated rings. The van der Waals surface area contributed by atoms with E-state index in [2.05, 4.69) is 5.32 Å². The summed E-state index contributed by atoms with van der Waals surface area (Å²) in [6, 6.07) is 15.2. The molecule has 8 nitrogen and oxygen atoms in total. The van der Waals surface area contributed by atoms with Gasteiger partial charge in [-0.3, -0.25) is 9.59 Å². The lowest BCUT2D eigenvalue weighted by atomic mass is 9.95. The molecule has 0 radical (unpaired) electrons. The van der Waals surface area contributed by atoms with E-state index in [-0.39, 0.29) is 42.3 Å². The molecule has 1 atom stereocenters. The molecule has 0 saturated heterocycles. The molecule has 2 aromatic carbocycles. The minimum atomic E-state index is -3.63. The van der Waals surface area contributed by atoms with Gasteiger partial charge in [-0.1, -0.05) is 49.6 Å². The van der Waals surface area contributed by atoms with E-state index in [0.717, 1.165) is 31.2 Å². The number of carbonyl (C=O) groups excluding carboxylic acids is 2.